The van der Waals surface area contributed by atoms with Crippen molar-refractivity contribution in [3.05, 3.63) is 42.5 Å². The van der Waals surface area contributed by atoms with Gasteiger partial charge in [0.15, 0.2) is 0 Å². The highest BCUT2D eigenvalue weighted by atomic mass is 19.1. The molecule has 3 aromatic rings. The standard InChI is InChI=1S/C29H39FN6O2/c1-19(31-2)28(37)33-27(20-8-5-4-6-9-20)29(38)36-15-7-10-22(36)17-35-18-24(25-13-14-32-34(25)3)23-16-21(30)11-12-26(23)35/h11-14,16,18-20,22,27,31H,4-10,15,17H2,1-3H3,(H,33,37). The molecule has 2 N–H and O–H groups in total. The first-order valence-corrected chi connectivity index (χ1v) is 13.9. The lowest BCUT2D eigenvalue weighted by molar-refractivity contribution is -0.139. The van der Waals surface area contributed by atoms with E-state index >= 15 is 0 Å². The summed E-state index contributed by atoms with van der Waals surface area (Å²) in [7, 11) is 3.63. The Labute approximate surface area is 223 Å². The number of likely N-dealkylation sites (N-methyl/N-ethyl adjacent to an activating group) is 1. The number of benzene rings is 1. The fourth-order valence-electron chi connectivity index (χ4n) is 6.24. The average Bonchev–Trinajstić information content (AvgIpc) is 3.65. The maximum absolute atomic E-state index is 14.3. The van der Waals surface area contributed by atoms with E-state index in [9.17, 15) is 14.0 Å². The smallest absolute Gasteiger partial charge is 0.245 e. The molecule has 204 valence electrons. The van der Waals surface area contributed by atoms with Gasteiger partial charge >= 0.3 is 0 Å². The topological polar surface area (TPSA) is 84.2 Å². The Hall–Kier alpha value is -3.20. The molecule has 1 aliphatic carbocycles. The molecule has 2 aromatic heterocycles. The van der Waals surface area contributed by atoms with Crippen LogP contribution in [0.1, 0.15) is 51.9 Å². The Kier molecular flexibility index (Phi) is 7.83. The van der Waals surface area contributed by atoms with Gasteiger partial charge in [0.1, 0.15) is 11.9 Å². The molecule has 1 aliphatic heterocycles. The molecule has 3 atom stereocenters. The maximum atomic E-state index is 14.3. The third kappa shape index (κ3) is 5.21. The van der Waals surface area contributed by atoms with E-state index in [1.807, 2.05) is 31.0 Å². The Morgan fingerprint density at radius 1 is 1.13 bits per heavy atom. The molecule has 2 aliphatic rings. The Balaban J connectivity index is 1.42. The normalized spacial score (nSPS) is 20.1. The number of aryl methyl sites for hydroxylation is 1. The lowest BCUT2D eigenvalue weighted by Crippen LogP contribution is -2.56. The molecule has 0 radical (unpaired) electrons. The van der Waals surface area contributed by atoms with Crippen molar-refractivity contribution in [1.29, 1.82) is 0 Å². The number of carbonyl (C=O) groups is 2. The summed E-state index contributed by atoms with van der Waals surface area (Å²) in [5, 5.41) is 11.2. The van der Waals surface area contributed by atoms with Crippen molar-refractivity contribution in [3.8, 4) is 11.3 Å². The van der Waals surface area contributed by atoms with Gasteiger partial charge in [-0.2, -0.15) is 5.10 Å². The highest BCUT2D eigenvalue weighted by Gasteiger charge is 2.38. The van der Waals surface area contributed by atoms with Crippen molar-refractivity contribution in [1.82, 2.24) is 29.9 Å². The van der Waals surface area contributed by atoms with Crippen LogP contribution in [0.15, 0.2) is 36.7 Å². The summed E-state index contributed by atoms with van der Waals surface area (Å²) in [5.74, 6) is -0.215. The predicted octanol–water partition coefficient (Wildman–Crippen LogP) is 3.84. The first-order chi connectivity index (χ1) is 18.4. The number of fused-ring (bicyclic) bond motifs is 1. The number of nitrogens with one attached hydrogen (secondary N) is 2. The van der Waals surface area contributed by atoms with Gasteiger partial charge in [-0.1, -0.05) is 19.3 Å². The second-order valence-electron chi connectivity index (χ2n) is 10.9. The van der Waals surface area contributed by atoms with Gasteiger partial charge in [0.25, 0.3) is 0 Å². The monoisotopic (exact) mass is 522 g/mol. The SMILES string of the molecule is CNC(C)C(=O)NC(C(=O)N1CCCC1Cn1cc(-c2ccnn2C)c2cc(F)ccc21)C1CCCCC1. The van der Waals surface area contributed by atoms with Crippen LogP contribution in [0.5, 0.6) is 0 Å². The minimum Gasteiger partial charge on any atom is -0.345 e. The van der Waals surface area contributed by atoms with Crippen LogP contribution in [0.3, 0.4) is 0 Å². The third-order valence-electron chi connectivity index (χ3n) is 8.52. The maximum Gasteiger partial charge on any atom is 0.245 e. The fraction of sp³-hybridized carbons (Fsp3) is 0.552. The largest absolute Gasteiger partial charge is 0.345 e. The number of halogens is 1. The van der Waals surface area contributed by atoms with Crippen LogP contribution < -0.4 is 10.6 Å². The zero-order valence-electron chi connectivity index (χ0n) is 22.6. The molecule has 1 aromatic carbocycles. The zero-order valence-corrected chi connectivity index (χ0v) is 22.6. The fourth-order valence-corrected chi connectivity index (χ4v) is 6.24. The minimum atomic E-state index is -0.500. The molecule has 8 nitrogen and oxygen atoms in total. The average molecular weight is 523 g/mol. The number of hydrogen-bond acceptors (Lipinski definition) is 4. The molecule has 1 saturated heterocycles. The van der Waals surface area contributed by atoms with Crippen molar-refractivity contribution >= 4 is 22.7 Å². The quantitative estimate of drug-likeness (QED) is 0.471. The van der Waals surface area contributed by atoms with Gasteiger partial charge in [-0.05, 0) is 69.8 Å². The van der Waals surface area contributed by atoms with Gasteiger partial charge in [-0.3, -0.25) is 14.3 Å². The lowest BCUT2D eigenvalue weighted by atomic mass is 9.83. The highest BCUT2D eigenvalue weighted by Crippen LogP contribution is 2.33. The molecular weight excluding hydrogens is 483 g/mol. The molecule has 2 fully saturated rings. The lowest BCUT2D eigenvalue weighted by Gasteiger charge is -2.35. The summed E-state index contributed by atoms with van der Waals surface area (Å²) in [4.78, 5) is 28.9. The Morgan fingerprint density at radius 2 is 1.92 bits per heavy atom. The third-order valence-corrected chi connectivity index (χ3v) is 8.52. The summed E-state index contributed by atoms with van der Waals surface area (Å²) in [5.41, 5.74) is 2.77. The van der Waals surface area contributed by atoms with Crippen molar-refractivity contribution in [2.75, 3.05) is 13.6 Å². The number of likely N-dealkylation sites (tertiary alicyclic amines) is 1. The van der Waals surface area contributed by atoms with Crippen LogP contribution in [0.25, 0.3) is 22.2 Å². The minimum absolute atomic E-state index is 0.00672. The number of amides is 2. The predicted molar refractivity (Wildman–Crippen MR) is 146 cm³/mol. The summed E-state index contributed by atoms with van der Waals surface area (Å²) in [6, 6.07) is 5.95. The molecule has 1 saturated carbocycles. The van der Waals surface area contributed by atoms with Crippen LogP contribution in [-0.4, -0.2) is 62.8 Å². The molecule has 3 unspecified atom stereocenters. The first kappa shape index (κ1) is 26.4. The van der Waals surface area contributed by atoms with Gasteiger partial charge < -0.3 is 20.1 Å². The first-order valence-electron chi connectivity index (χ1n) is 13.9. The van der Waals surface area contributed by atoms with Crippen molar-refractivity contribution in [2.24, 2.45) is 13.0 Å². The van der Waals surface area contributed by atoms with E-state index in [0.29, 0.717) is 13.1 Å². The Morgan fingerprint density at radius 3 is 2.63 bits per heavy atom. The van der Waals surface area contributed by atoms with Crippen LogP contribution in [0.2, 0.25) is 0 Å². The molecule has 0 spiro atoms. The van der Waals surface area contributed by atoms with Crippen LogP contribution in [0, 0.1) is 11.7 Å². The summed E-state index contributed by atoms with van der Waals surface area (Å²) in [6.45, 7) is 3.12. The molecule has 3 heterocycles. The summed E-state index contributed by atoms with van der Waals surface area (Å²) < 4.78 is 18.2. The second kappa shape index (κ2) is 11.3. The van der Waals surface area contributed by atoms with E-state index in [-0.39, 0.29) is 35.6 Å². The number of carbonyl (C=O) groups excluding carboxylic acids is 2. The second-order valence-corrected chi connectivity index (χ2v) is 10.9. The number of nitrogens with zero attached hydrogens (tertiary/aromatic N) is 4. The van der Waals surface area contributed by atoms with Crippen molar-refractivity contribution < 1.29 is 14.0 Å². The van der Waals surface area contributed by atoms with E-state index in [1.54, 1.807) is 24.0 Å². The molecular formula is C29H39FN6O2. The number of aromatic nitrogens is 3. The van der Waals surface area contributed by atoms with Crippen LogP contribution in [0.4, 0.5) is 4.39 Å². The van der Waals surface area contributed by atoms with Gasteiger partial charge in [-0.15, -0.1) is 0 Å². The van der Waals surface area contributed by atoms with Gasteiger partial charge in [-0.25, -0.2) is 4.39 Å². The van der Waals surface area contributed by atoms with E-state index in [0.717, 1.165) is 60.7 Å². The van der Waals surface area contributed by atoms with Gasteiger partial charge in [0.2, 0.25) is 11.8 Å². The van der Waals surface area contributed by atoms with Crippen molar-refractivity contribution in [2.45, 2.75) is 76.5 Å². The van der Waals surface area contributed by atoms with Gasteiger partial charge in [0.05, 0.1) is 11.7 Å². The summed E-state index contributed by atoms with van der Waals surface area (Å²) in [6.07, 6.45) is 10.9. The van der Waals surface area contributed by atoms with E-state index < -0.39 is 6.04 Å². The van der Waals surface area contributed by atoms with Crippen molar-refractivity contribution in [3.63, 3.8) is 0 Å². The summed E-state index contributed by atoms with van der Waals surface area (Å²) >= 11 is 0. The zero-order chi connectivity index (χ0) is 26.8. The molecule has 38 heavy (non-hydrogen) atoms. The molecule has 9 heteroatoms. The van der Waals surface area contributed by atoms with E-state index in [2.05, 4.69) is 26.5 Å². The van der Waals surface area contributed by atoms with E-state index in [1.165, 1.54) is 12.5 Å². The van der Waals surface area contributed by atoms with E-state index in [4.69, 9.17) is 0 Å². The molecule has 2 amide bonds. The number of hydrogen-bond donors (Lipinski definition) is 2. The van der Waals surface area contributed by atoms with Gasteiger partial charge in [0, 0.05) is 55.0 Å². The highest BCUT2D eigenvalue weighted by molar-refractivity contribution is 5.95. The molecule has 5 rings (SSSR count). The van der Waals surface area contributed by atoms with Crippen LogP contribution in [-0.2, 0) is 23.2 Å². The molecule has 0 bridgehead atoms. The number of rotatable bonds is 8. The Bertz CT molecular complexity index is 1290. The van der Waals surface area contributed by atoms with Crippen LogP contribution >= 0.6 is 0 Å².